The molecule has 35 heavy (non-hydrogen) atoms. The van der Waals surface area contributed by atoms with Crippen molar-refractivity contribution in [3.63, 3.8) is 0 Å². The highest BCUT2D eigenvalue weighted by atomic mass is 16.5. The molecule has 0 atom stereocenters. The normalized spacial score (nSPS) is 13.3. The van der Waals surface area contributed by atoms with Crippen molar-refractivity contribution in [2.45, 2.75) is 0 Å². The number of carbonyl (C=O) groups is 2. The van der Waals surface area contributed by atoms with E-state index in [-0.39, 0.29) is 11.8 Å². The quantitative estimate of drug-likeness (QED) is 0.443. The Bertz CT molecular complexity index is 1310. The maximum atomic E-state index is 12.9. The molecule has 1 aliphatic rings. The van der Waals surface area contributed by atoms with E-state index in [9.17, 15) is 9.59 Å². The number of para-hydroxylation sites is 1. The molecule has 176 valence electrons. The molecule has 8 heteroatoms. The van der Waals surface area contributed by atoms with Crippen LogP contribution in [0.2, 0.25) is 0 Å². The highest BCUT2D eigenvalue weighted by molar-refractivity contribution is 6.05. The Hall–Kier alpha value is -4.43. The minimum atomic E-state index is -0.253. The Balaban J connectivity index is 1.25. The number of amides is 2. The second kappa shape index (κ2) is 10.2. The van der Waals surface area contributed by atoms with Crippen LogP contribution in [-0.2, 0) is 4.74 Å². The summed E-state index contributed by atoms with van der Waals surface area (Å²) in [4.78, 5) is 27.7. The molecule has 1 aliphatic heterocycles. The van der Waals surface area contributed by atoms with Gasteiger partial charge in [0.15, 0.2) is 0 Å². The maximum Gasteiger partial charge on any atom is 0.258 e. The fraction of sp³-hybridized carbons (Fsp3) is 0.148. The first-order valence-electron chi connectivity index (χ1n) is 11.4. The Labute approximate surface area is 203 Å². The Kier molecular flexibility index (Phi) is 6.54. The van der Waals surface area contributed by atoms with E-state index >= 15 is 0 Å². The number of anilines is 3. The molecule has 0 aliphatic carbocycles. The summed E-state index contributed by atoms with van der Waals surface area (Å²) in [6, 6.07) is 24.1. The molecule has 5 rings (SSSR count). The monoisotopic (exact) mass is 467 g/mol. The maximum absolute atomic E-state index is 12.9. The fourth-order valence-corrected chi connectivity index (χ4v) is 3.88. The van der Waals surface area contributed by atoms with Crippen molar-refractivity contribution < 1.29 is 14.3 Å². The number of nitrogens with zero attached hydrogens (tertiary/aromatic N) is 3. The van der Waals surface area contributed by atoms with Crippen LogP contribution in [-0.4, -0.2) is 47.9 Å². The third-order valence-electron chi connectivity index (χ3n) is 5.75. The molecule has 2 N–H and O–H groups in total. The van der Waals surface area contributed by atoms with Crippen LogP contribution in [0.3, 0.4) is 0 Å². The van der Waals surface area contributed by atoms with E-state index in [1.807, 2.05) is 60.7 Å². The van der Waals surface area contributed by atoms with Crippen LogP contribution in [0.15, 0.2) is 91.3 Å². The first-order chi connectivity index (χ1) is 17.2. The SMILES string of the molecule is O=C(Nc1ccc(N2CCOCC2)cc1)c1cccc(-n2cc(C(=O)Nc3ccccc3)cn2)c1. The minimum absolute atomic E-state index is 0.222. The molecule has 4 aromatic rings. The van der Waals surface area contributed by atoms with E-state index in [1.54, 1.807) is 29.1 Å². The Morgan fingerprint density at radius 3 is 2.17 bits per heavy atom. The summed E-state index contributed by atoms with van der Waals surface area (Å²) >= 11 is 0. The smallest absolute Gasteiger partial charge is 0.258 e. The molecule has 0 radical (unpaired) electrons. The highest BCUT2D eigenvalue weighted by Crippen LogP contribution is 2.20. The van der Waals surface area contributed by atoms with Crippen LogP contribution in [0.4, 0.5) is 17.1 Å². The lowest BCUT2D eigenvalue weighted by Gasteiger charge is -2.28. The molecule has 1 saturated heterocycles. The predicted molar refractivity (Wildman–Crippen MR) is 135 cm³/mol. The van der Waals surface area contributed by atoms with Crippen molar-refractivity contribution >= 4 is 28.9 Å². The number of rotatable bonds is 6. The lowest BCUT2D eigenvalue weighted by molar-refractivity contribution is 0.101. The summed E-state index contributed by atoms with van der Waals surface area (Å²) in [6.07, 6.45) is 3.14. The van der Waals surface area contributed by atoms with Crippen LogP contribution >= 0.6 is 0 Å². The molecule has 0 saturated carbocycles. The number of benzene rings is 3. The third-order valence-corrected chi connectivity index (χ3v) is 5.75. The van der Waals surface area contributed by atoms with Gasteiger partial charge in [-0.3, -0.25) is 9.59 Å². The van der Waals surface area contributed by atoms with Gasteiger partial charge in [0, 0.05) is 41.9 Å². The van der Waals surface area contributed by atoms with Gasteiger partial charge in [0.25, 0.3) is 11.8 Å². The van der Waals surface area contributed by atoms with E-state index in [1.165, 1.54) is 6.20 Å². The average molecular weight is 468 g/mol. The molecular weight excluding hydrogens is 442 g/mol. The number of hydrogen-bond donors (Lipinski definition) is 2. The summed E-state index contributed by atoms with van der Waals surface area (Å²) in [6.45, 7) is 3.18. The van der Waals surface area contributed by atoms with Crippen LogP contribution in [0.5, 0.6) is 0 Å². The lowest BCUT2D eigenvalue weighted by Crippen LogP contribution is -2.36. The summed E-state index contributed by atoms with van der Waals surface area (Å²) in [7, 11) is 0. The molecule has 2 heterocycles. The van der Waals surface area contributed by atoms with Crippen LogP contribution in [0, 0.1) is 0 Å². The first-order valence-corrected chi connectivity index (χ1v) is 11.4. The van der Waals surface area contributed by atoms with Gasteiger partial charge in [0.1, 0.15) is 0 Å². The zero-order valence-corrected chi connectivity index (χ0v) is 19.1. The van der Waals surface area contributed by atoms with E-state index in [0.717, 1.165) is 37.7 Å². The molecule has 0 bridgehead atoms. The fourth-order valence-electron chi connectivity index (χ4n) is 3.88. The zero-order valence-electron chi connectivity index (χ0n) is 19.1. The Morgan fingerprint density at radius 2 is 1.43 bits per heavy atom. The molecule has 3 aromatic carbocycles. The minimum Gasteiger partial charge on any atom is -0.378 e. The van der Waals surface area contributed by atoms with Crippen LogP contribution < -0.4 is 15.5 Å². The number of ether oxygens (including phenoxy) is 1. The molecule has 0 unspecified atom stereocenters. The largest absolute Gasteiger partial charge is 0.378 e. The summed E-state index contributed by atoms with van der Waals surface area (Å²) in [5.41, 5.74) is 4.13. The van der Waals surface area contributed by atoms with E-state index in [0.29, 0.717) is 22.5 Å². The number of carbonyl (C=O) groups excluding carboxylic acids is 2. The topological polar surface area (TPSA) is 88.5 Å². The van der Waals surface area contributed by atoms with Crippen molar-refractivity contribution in [3.8, 4) is 5.69 Å². The van der Waals surface area contributed by atoms with Gasteiger partial charge in [-0.05, 0) is 54.6 Å². The number of aromatic nitrogens is 2. The lowest BCUT2D eigenvalue weighted by atomic mass is 10.1. The van der Waals surface area contributed by atoms with E-state index < -0.39 is 0 Å². The van der Waals surface area contributed by atoms with Gasteiger partial charge in [0.05, 0.1) is 30.7 Å². The van der Waals surface area contributed by atoms with E-state index in [2.05, 4.69) is 20.6 Å². The summed E-state index contributed by atoms with van der Waals surface area (Å²) in [5.74, 6) is -0.475. The number of morpholine rings is 1. The van der Waals surface area contributed by atoms with E-state index in [4.69, 9.17) is 4.74 Å². The molecule has 2 amide bonds. The molecular formula is C27H25N5O3. The van der Waals surface area contributed by atoms with Crippen LogP contribution in [0.25, 0.3) is 5.69 Å². The predicted octanol–water partition coefficient (Wildman–Crippen LogP) is 4.21. The number of hydrogen-bond acceptors (Lipinski definition) is 5. The van der Waals surface area contributed by atoms with Gasteiger partial charge in [-0.2, -0.15) is 5.10 Å². The average Bonchev–Trinajstić information content (AvgIpc) is 3.41. The van der Waals surface area contributed by atoms with Crippen molar-refractivity contribution in [3.05, 3.63) is 102 Å². The third kappa shape index (κ3) is 5.39. The molecule has 1 aromatic heterocycles. The van der Waals surface area contributed by atoms with Gasteiger partial charge >= 0.3 is 0 Å². The van der Waals surface area contributed by atoms with Gasteiger partial charge in [-0.15, -0.1) is 0 Å². The van der Waals surface area contributed by atoms with Crippen molar-refractivity contribution in [1.82, 2.24) is 9.78 Å². The second-order valence-corrected chi connectivity index (χ2v) is 8.14. The van der Waals surface area contributed by atoms with Crippen LogP contribution in [0.1, 0.15) is 20.7 Å². The summed E-state index contributed by atoms with van der Waals surface area (Å²) in [5, 5.41) is 10.1. The van der Waals surface area contributed by atoms with Crippen molar-refractivity contribution in [2.24, 2.45) is 0 Å². The number of nitrogens with one attached hydrogen (secondary N) is 2. The summed E-state index contributed by atoms with van der Waals surface area (Å²) < 4.78 is 6.98. The standard InChI is InChI=1S/C27H25N5O3/c33-26(30-23-9-11-24(12-10-23)31-13-15-35-16-14-31)20-5-4-8-25(17-20)32-19-21(18-28-32)27(34)29-22-6-2-1-3-7-22/h1-12,17-19H,13-16H2,(H,29,34)(H,30,33). The van der Waals surface area contributed by atoms with Gasteiger partial charge < -0.3 is 20.3 Å². The molecule has 1 fully saturated rings. The molecule has 0 spiro atoms. The van der Waals surface area contributed by atoms with Gasteiger partial charge in [0.2, 0.25) is 0 Å². The molecule has 8 nitrogen and oxygen atoms in total. The van der Waals surface area contributed by atoms with Gasteiger partial charge in [-0.25, -0.2) is 4.68 Å². The zero-order chi connectivity index (χ0) is 24.0. The van der Waals surface area contributed by atoms with Crippen molar-refractivity contribution in [1.29, 1.82) is 0 Å². The first kappa shape index (κ1) is 22.4. The second-order valence-electron chi connectivity index (χ2n) is 8.14. The van der Waals surface area contributed by atoms with Crippen molar-refractivity contribution in [2.75, 3.05) is 41.8 Å². The Morgan fingerprint density at radius 1 is 0.743 bits per heavy atom. The van der Waals surface area contributed by atoms with Gasteiger partial charge in [-0.1, -0.05) is 24.3 Å². The highest BCUT2D eigenvalue weighted by Gasteiger charge is 2.13.